The van der Waals surface area contributed by atoms with Crippen LogP contribution in [0.3, 0.4) is 0 Å². The van der Waals surface area contributed by atoms with Gasteiger partial charge in [0.2, 0.25) is 0 Å². The van der Waals surface area contributed by atoms with Crippen LogP contribution in [0.2, 0.25) is 0 Å². The molecule has 4 aliphatic rings. The Morgan fingerprint density at radius 2 is 2.06 bits per heavy atom. The predicted molar refractivity (Wildman–Crippen MR) is 127 cm³/mol. The van der Waals surface area contributed by atoms with E-state index in [0.29, 0.717) is 30.2 Å². The Morgan fingerprint density at radius 3 is 2.97 bits per heavy atom. The van der Waals surface area contributed by atoms with Gasteiger partial charge < -0.3 is 15.4 Å². The van der Waals surface area contributed by atoms with Crippen LogP contribution in [0.25, 0.3) is 0 Å². The molecule has 3 unspecified atom stereocenters. The van der Waals surface area contributed by atoms with Crippen molar-refractivity contribution in [1.82, 2.24) is 20.4 Å². The van der Waals surface area contributed by atoms with Crippen molar-refractivity contribution in [2.24, 2.45) is 10.9 Å². The maximum absolute atomic E-state index is 13.0. The average molecular weight is 450 g/mol. The molecule has 2 amide bonds. The molecule has 1 saturated heterocycles. The van der Waals surface area contributed by atoms with Crippen molar-refractivity contribution < 1.29 is 9.53 Å². The van der Waals surface area contributed by atoms with Crippen LogP contribution >= 0.6 is 0 Å². The fraction of sp³-hybridized carbons (Fsp3) is 0.542. The lowest BCUT2D eigenvalue weighted by Gasteiger charge is -2.35. The summed E-state index contributed by atoms with van der Waals surface area (Å²) >= 11 is 0. The van der Waals surface area contributed by atoms with Crippen LogP contribution in [-0.2, 0) is 11.2 Å². The van der Waals surface area contributed by atoms with E-state index in [-0.39, 0.29) is 6.03 Å². The van der Waals surface area contributed by atoms with Gasteiger partial charge in [0.05, 0.1) is 37.2 Å². The van der Waals surface area contributed by atoms with Gasteiger partial charge in [-0.1, -0.05) is 18.2 Å². The zero-order chi connectivity index (χ0) is 22.2. The number of rotatable bonds is 4. The third kappa shape index (κ3) is 4.11. The Balaban J connectivity index is 1.10. The van der Waals surface area contributed by atoms with Gasteiger partial charge in [0.25, 0.3) is 0 Å². The summed E-state index contributed by atoms with van der Waals surface area (Å²) in [6.07, 6.45) is 5.97. The number of aromatic nitrogens is 2. The number of morpholine rings is 1. The molecule has 0 bridgehead atoms. The smallest absolute Gasteiger partial charge is 0.326 e. The molecule has 1 aliphatic carbocycles. The van der Waals surface area contributed by atoms with E-state index in [4.69, 9.17) is 9.73 Å². The number of hydrogen-bond donors (Lipinski definition) is 3. The highest BCUT2D eigenvalue weighted by Gasteiger charge is 2.37. The second-order valence-electron chi connectivity index (χ2n) is 9.51. The topological polar surface area (TPSA) is 97.9 Å². The van der Waals surface area contributed by atoms with E-state index in [1.54, 1.807) is 11.1 Å². The molecule has 3 aliphatic heterocycles. The Labute approximate surface area is 193 Å². The van der Waals surface area contributed by atoms with Gasteiger partial charge in [-0.15, -0.1) is 0 Å². The summed E-state index contributed by atoms with van der Waals surface area (Å²) in [7, 11) is 0. The molecule has 2 fully saturated rings. The molecule has 3 atom stereocenters. The fourth-order valence-electron chi connectivity index (χ4n) is 5.67. The van der Waals surface area contributed by atoms with E-state index in [1.165, 1.54) is 12.0 Å². The lowest BCUT2D eigenvalue weighted by molar-refractivity contribution is 0.0266. The summed E-state index contributed by atoms with van der Waals surface area (Å²) in [5.74, 6) is 1.49. The number of fused-ring (bicyclic) bond motifs is 2. The molecular formula is C24H31N7O2. The quantitative estimate of drug-likeness (QED) is 0.665. The molecule has 0 spiro atoms. The van der Waals surface area contributed by atoms with Crippen molar-refractivity contribution in [3.8, 4) is 0 Å². The van der Waals surface area contributed by atoms with Crippen LogP contribution in [0.15, 0.2) is 35.5 Å². The lowest BCUT2D eigenvalue weighted by Crippen LogP contribution is -2.45. The second-order valence-corrected chi connectivity index (χ2v) is 9.51. The Morgan fingerprint density at radius 1 is 1.18 bits per heavy atom. The molecule has 0 radical (unpaired) electrons. The molecule has 174 valence electrons. The summed E-state index contributed by atoms with van der Waals surface area (Å²) < 4.78 is 5.49. The third-order valence-corrected chi connectivity index (χ3v) is 7.41. The number of carbonyl (C=O) groups is 1. The molecule has 4 heterocycles. The van der Waals surface area contributed by atoms with Crippen LogP contribution in [0, 0.1) is 5.92 Å². The second kappa shape index (κ2) is 8.79. The zero-order valence-corrected chi connectivity index (χ0v) is 18.8. The number of hydrogen-bond acceptors (Lipinski definition) is 6. The first-order valence-electron chi connectivity index (χ1n) is 12.1. The molecular weight excluding hydrogens is 418 g/mol. The summed E-state index contributed by atoms with van der Waals surface area (Å²) in [4.78, 5) is 22.3. The molecule has 9 heteroatoms. The number of ether oxygens (including phenoxy) is 1. The van der Waals surface area contributed by atoms with Crippen LogP contribution in [0.5, 0.6) is 0 Å². The first kappa shape index (κ1) is 20.7. The van der Waals surface area contributed by atoms with Crippen LogP contribution in [-0.4, -0.2) is 78.4 Å². The highest BCUT2D eigenvalue weighted by molar-refractivity contribution is 6.09. The van der Waals surface area contributed by atoms with Gasteiger partial charge in [0.1, 0.15) is 11.5 Å². The molecule has 9 nitrogen and oxygen atoms in total. The standard InChI is InChI=1S/C24H31N7O2/c32-24(31-8-7-17-3-1-2-4-21(17)31)28-20-14-25-29-22(20)23-26-18-6-5-16(13-19(18)27-23)15-30-9-11-33-12-10-30/h1-4,14,16,18-19H,5-13,15H2,(H,25,29)(H,26,27)(H,28,32). The van der Waals surface area contributed by atoms with Gasteiger partial charge in [-0.3, -0.25) is 19.9 Å². The average Bonchev–Trinajstić information content (AvgIpc) is 3.57. The minimum Gasteiger partial charge on any atom is -0.379 e. The van der Waals surface area contributed by atoms with E-state index < -0.39 is 0 Å². The number of amidine groups is 1. The number of urea groups is 1. The molecule has 1 saturated carbocycles. The summed E-state index contributed by atoms with van der Waals surface area (Å²) in [6.45, 7) is 5.61. The number of para-hydroxylation sites is 1. The number of aliphatic imine (C=N–C) groups is 1. The number of nitrogens with one attached hydrogen (secondary N) is 3. The summed E-state index contributed by atoms with van der Waals surface area (Å²) in [5, 5.41) is 13.9. The van der Waals surface area contributed by atoms with E-state index in [2.05, 4.69) is 31.8 Å². The number of carbonyl (C=O) groups excluding carboxylic acids is 1. The highest BCUT2D eigenvalue weighted by atomic mass is 16.5. The minimum atomic E-state index is -0.135. The van der Waals surface area contributed by atoms with Gasteiger partial charge >= 0.3 is 6.03 Å². The number of aromatic amines is 1. The predicted octanol–water partition coefficient (Wildman–Crippen LogP) is 2.22. The van der Waals surface area contributed by atoms with Crippen molar-refractivity contribution in [2.75, 3.05) is 49.6 Å². The minimum absolute atomic E-state index is 0.135. The third-order valence-electron chi connectivity index (χ3n) is 7.41. The molecule has 1 aromatic heterocycles. The lowest BCUT2D eigenvalue weighted by atomic mass is 9.83. The van der Waals surface area contributed by atoms with Gasteiger partial charge in [-0.25, -0.2) is 4.79 Å². The first-order chi connectivity index (χ1) is 16.2. The van der Waals surface area contributed by atoms with Crippen molar-refractivity contribution in [3.63, 3.8) is 0 Å². The SMILES string of the molecule is O=C(Nc1cn[nH]c1C1=NC2CCC(CN3CCOCC3)CC2N1)N1CCc2ccccc21. The van der Waals surface area contributed by atoms with Crippen LogP contribution < -0.4 is 15.5 Å². The van der Waals surface area contributed by atoms with Crippen LogP contribution in [0.1, 0.15) is 30.5 Å². The van der Waals surface area contributed by atoms with Crippen molar-refractivity contribution >= 4 is 23.2 Å². The number of nitrogens with zero attached hydrogens (tertiary/aromatic N) is 4. The van der Waals surface area contributed by atoms with Crippen LogP contribution in [0.4, 0.5) is 16.2 Å². The Bertz CT molecular complexity index is 1040. The summed E-state index contributed by atoms with van der Waals surface area (Å²) in [5.41, 5.74) is 3.61. The van der Waals surface area contributed by atoms with Gasteiger partial charge in [-0.05, 0) is 43.2 Å². The summed E-state index contributed by atoms with van der Waals surface area (Å²) in [6, 6.07) is 8.57. The van der Waals surface area contributed by atoms with Gasteiger partial charge in [0, 0.05) is 31.9 Å². The van der Waals surface area contributed by atoms with E-state index in [0.717, 1.165) is 69.3 Å². The molecule has 1 aromatic carbocycles. The van der Waals surface area contributed by atoms with Crippen molar-refractivity contribution in [3.05, 3.63) is 41.7 Å². The number of H-pyrrole nitrogens is 1. The molecule has 33 heavy (non-hydrogen) atoms. The zero-order valence-electron chi connectivity index (χ0n) is 18.8. The first-order valence-corrected chi connectivity index (χ1v) is 12.1. The Hall–Kier alpha value is -2.91. The number of benzene rings is 1. The molecule has 6 rings (SSSR count). The van der Waals surface area contributed by atoms with E-state index >= 15 is 0 Å². The number of anilines is 2. The van der Waals surface area contributed by atoms with Crippen molar-refractivity contribution in [2.45, 2.75) is 37.8 Å². The highest BCUT2D eigenvalue weighted by Crippen LogP contribution is 2.32. The normalized spacial score (nSPS) is 27.0. The van der Waals surface area contributed by atoms with E-state index in [9.17, 15) is 4.79 Å². The maximum atomic E-state index is 13.0. The van der Waals surface area contributed by atoms with E-state index in [1.807, 2.05) is 18.2 Å². The Kier molecular flexibility index (Phi) is 5.51. The molecule has 2 aromatic rings. The molecule has 3 N–H and O–H groups in total. The largest absolute Gasteiger partial charge is 0.379 e. The monoisotopic (exact) mass is 449 g/mol. The fourth-order valence-corrected chi connectivity index (χ4v) is 5.67. The number of amides is 2. The van der Waals surface area contributed by atoms with Crippen molar-refractivity contribution in [1.29, 1.82) is 0 Å². The van der Waals surface area contributed by atoms with Gasteiger partial charge in [-0.2, -0.15) is 5.10 Å². The maximum Gasteiger partial charge on any atom is 0.326 e. The van der Waals surface area contributed by atoms with Gasteiger partial charge in [0.15, 0.2) is 0 Å².